The van der Waals surface area contributed by atoms with Gasteiger partial charge in [0.15, 0.2) is 0 Å². The van der Waals surface area contributed by atoms with E-state index in [1.807, 2.05) is 19.1 Å². The first kappa shape index (κ1) is 12.5. The first-order valence-electron chi connectivity index (χ1n) is 5.01. The number of nitrogens with zero attached hydrogens (tertiary/aromatic N) is 1. The second-order valence-corrected chi connectivity index (χ2v) is 3.95. The molecule has 1 unspecified atom stereocenters. The second-order valence-electron chi connectivity index (χ2n) is 3.95. The minimum absolute atomic E-state index is 0.603. The Morgan fingerprint density at radius 3 is 2.50 bits per heavy atom. The van der Waals surface area contributed by atoms with E-state index >= 15 is 0 Å². The lowest BCUT2D eigenvalue weighted by Crippen LogP contribution is -2.27. The SMILES string of the molecule is COc1ccc(C)cc1C(C(=O)O)N(C)C. The van der Waals surface area contributed by atoms with Crippen LogP contribution in [-0.4, -0.2) is 37.2 Å². The van der Waals surface area contributed by atoms with Gasteiger partial charge in [-0.15, -0.1) is 0 Å². The standard InChI is InChI=1S/C12H17NO3/c1-8-5-6-10(16-4)9(7-8)11(12(14)15)13(2)3/h5-7,11H,1-4H3,(H,14,15). The lowest BCUT2D eigenvalue weighted by molar-refractivity contribution is -0.142. The Bertz CT molecular complexity index is 388. The number of rotatable bonds is 4. The van der Waals surface area contributed by atoms with Crippen molar-refractivity contribution in [1.29, 1.82) is 0 Å². The van der Waals surface area contributed by atoms with Crippen LogP contribution in [0.5, 0.6) is 5.75 Å². The normalized spacial score (nSPS) is 12.6. The van der Waals surface area contributed by atoms with Crippen molar-refractivity contribution in [2.24, 2.45) is 0 Å². The number of ether oxygens (including phenoxy) is 1. The Hall–Kier alpha value is -1.55. The highest BCUT2D eigenvalue weighted by Crippen LogP contribution is 2.29. The smallest absolute Gasteiger partial charge is 0.325 e. The van der Waals surface area contributed by atoms with Crippen LogP contribution in [0.15, 0.2) is 18.2 Å². The molecule has 0 saturated carbocycles. The van der Waals surface area contributed by atoms with E-state index in [0.717, 1.165) is 5.56 Å². The van der Waals surface area contributed by atoms with Gasteiger partial charge in [0.25, 0.3) is 0 Å². The Balaban J connectivity index is 3.26. The molecule has 0 aliphatic rings. The molecule has 0 aliphatic heterocycles. The summed E-state index contributed by atoms with van der Waals surface area (Å²) in [6.07, 6.45) is 0. The van der Waals surface area contributed by atoms with Crippen LogP contribution in [0.3, 0.4) is 0 Å². The van der Waals surface area contributed by atoms with Gasteiger partial charge in [-0.1, -0.05) is 17.7 Å². The molecule has 0 saturated heterocycles. The minimum Gasteiger partial charge on any atom is -0.496 e. The van der Waals surface area contributed by atoms with Crippen LogP contribution in [-0.2, 0) is 4.79 Å². The van der Waals surface area contributed by atoms with Gasteiger partial charge in [0.05, 0.1) is 7.11 Å². The third kappa shape index (κ3) is 2.52. The minimum atomic E-state index is -0.881. The molecule has 4 nitrogen and oxygen atoms in total. The summed E-state index contributed by atoms with van der Waals surface area (Å²) < 4.78 is 5.19. The zero-order valence-electron chi connectivity index (χ0n) is 10.0. The van der Waals surface area contributed by atoms with Crippen molar-refractivity contribution in [3.05, 3.63) is 29.3 Å². The third-order valence-electron chi connectivity index (χ3n) is 2.43. The first-order chi connectivity index (χ1) is 7.47. The number of methoxy groups -OCH3 is 1. The van der Waals surface area contributed by atoms with Crippen LogP contribution in [0.2, 0.25) is 0 Å². The molecule has 0 radical (unpaired) electrons. The largest absolute Gasteiger partial charge is 0.496 e. The van der Waals surface area contributed by atoms with Gasteiger partial charge in [0, 0.05) is 5.56 Å². The molecular weight excluding hydrogens is 206 g/mol. The summed E-state index contributed by atoms with van der Waals surface area (Å²) in [4.78, 5) is 12.9. The van der Waals surface area contributed by atoms with Gasteiger partial charge < -0.3 is 9.84 Å². The Morgan fingerprint density at radius 2 is 2.06 bits per heavy atom. The monoisotopic (exact) mass is 223 g/mol. The molecule has 0 aromatic heterocycles. The van der Waals surface area contributed by atoms with Crippen molar-refractivity contribution in [2.45, 2.75) is 13.0 Å². The summed E-state index contributed by atoms with van der Waals surface area (Å²) in [5, 5.41) is 9.21. The number of aryl methyl sites for hydroxylation is 1. The fourth-order valence-electron chi connectivity index (χ4n) is 1.70. The van der Waals surface area contributed by atoms with E-state index in [9.17, 15) is 9.90 Å². The quantitative estimate of drug-likeness (QED) is 0.844. The van der Waals surface area contributed by atoms with E-state index in [1.165, 1.54) is 0 Å². The van der Waals surface area contributed by atoms with E-state index in [1.54, 1.807) is 32.2 Å². The molecule has 16 heavy (non-hydrogen) atoms. The third-order valence-corrected chi connectivity index (χ3v) is 2.43. The van der Waals surface area contributed by atoms with Crippen LogP contribution in [0.25, 0.3) is 0 Å². The molecule has 88 valence electrons. The average molecular weight is 223 g/mol. The summed E-state index contributed by atoms with van der Waals surface area (Å²) >= 11 is 0. The van der Waals surface area contributed by atoms with Gasteiger partial charge in [-0.25, -0.2) is 0 Å². The molecule has 0 fully saturated rings. The fraction of sp³-hybridized carbons (Fsp3) is 0.417. The Kier molecular flexibility index (Phi) is 3.90. The number of carbonyl (C=O) groups is 1. The maximum Gasteiger partial charge on any atom is 0.325 e. The molecule has 1 aromatic rings. The number of likely N-dealkylation sites (N-methyl/N-ethyl adjacent to an activating group) is 1. The Labute approximate surface area is 95.5 Å². The number of carboxylic acid groups (broad SMARTS) is 1. The van der Waals surface area contributed by atoms with Crippen LogP contribution < -0.4 is 4.74 Å². The zero-order chi connectivity index (χ0) is 12.3. The topological polar surface area (TPSA) is 49.8 Å². The van der Waals surface area contributed by atoms with Crippen LogP contribution in [0.1, 0.15) is 17.2 Å². The molecule has 0 aliphatic carbocycles. The number of hydrogen-bond donors (Lipinski definition) is 1. The van der Waals surface area contributed by atoms with E-state index in [2.05, 4.69) is 0 Å². The van der Waals surface area contributed by atoms with Crippen molar-refractivity contribution < 1.29 is 14.6 Å². The van der Waals surface area contributed by atoms with Crippen molar-refractivity contribution in [1.82, 2.24) is 4.90 Å². The number of aliphatic carboxylic acids is 1. The molecule has 0 heterocycles. The summed E-state index contributed by atoms with van der Waals surface area (Å²) in [5.41, 5.74) is 1.70. The molecule has 1 atom stereocenters. The highest BCUT2D eigenvalue weighted by atomic mass is 16.5. The summed E-state index contributed by atoms with van der Waals surface area (Å²) in [6, 6.07) is 4.85. The first-order valence-corrected chi connectivity index (χ1v) is 5.01. The van der Waals surface area contributed by atoms with Crippen molar-refractivity contribution in [2.75, 3.05) is 21.2 Å². The summed E-state index contributed by atoms with van der Waals surface area (Å²) in [6.45, 7) is 1.93. The van der Waals surface area contributed by atoms with Crippen LogP contribution in [0, 0.1) is 6.92 Å². The van der Waals surface area contributed by atoms with Crippen molar-refractivity contribution >= 4 is 5.97 Å². The van der Waals surface area contributed by atoms with Gasteiger partial charge in [0.2, 0.25) is 0 Å². The van der Waals surface area contributed by atoms with E-state index < -0.39 is 12.0 Å². The number of carboxylic acids is 1. The van der Waals surface area contributed by atoms with E-state index in [0.29, 0.717) is 11.3 Å². The highest BCUT2D eigenvalue weighted by molar-refractivity contribution is 5.76. The summed E-state index contributed by atoms with van der Waals surface area (Å²) in [5.74, 6) is -0.277. The lowest BCUT2D eigenvalue weighted by Gasteiger charge is -2.22. The van der Waals surface area contributed by atoms with Gasteiger partial charge in [0.1, 0.15) is 11.8 Å². The van der Waals surface area contributed by atoms with Crippen LogP contribution >= 0.6 is 0 Å². The van der Waals surface area contributed by atoms with Gasteiger partial charge in [-0.2, -0.15) is 0 Å². The highest BCUT2D eigenvalue weighted by Gasteiger charge is 2.25. The molecule has 0 bridgehead atoms. The lowest BCUT2D eigenvalue weighted by atomic mass is 10.0. The van der Waals surface area contributed by atoms with E-state index in [-0.39, 0.29) is 0 Å². The van der Waals surface area contributed by atoms with Crippen molar-refractivity contribution in [3.8, 4) is 5.75 Å². The van der Waals surface area contributed by atoms with Gasteiger partial charge in [-0.3, -0.25) is 9.69 Å². The average Bonchev–Trinajstić information content (AvgIpc) is 2.17. The molecule has 0 amide bonds. The predicted molar refractivity (Wildman–Crippen MR) is 61.8 cm³/mol. The fourth-order valence-corrected chi connectivity index (χ4v) is 1.70. The molecule has 1 rings (SSSR count). The maximum atomic E-state index is 11.2. The molecule has 4 heteroatoms. The Morgan fingerprint density at radius 1 is 1.44 bits per heavy atom. The predicted octanol–water partition coefficient (Wildman–Crippen LogP) is 1.69. The molecule has 1 aromatic carbocycles. The van der Waals surface area contributed by atoms with Gasteiger partial charge in [-0.05, 0) is 27.1 Å². The molecule has 0 spiro atoms. The van der Waals surface area contributed by atoms with Gasteiger partial charge >= 0.3 is 5.97 Å². The number of benzene rings is 1. The van der Waals surface area contributed by atoms with E-state index in [4.69, 9.17) is 4.74 Å². The zero-order valence-corrected chi connectivity index (χ0v) is 10.0. The van der Waals surface area contributed by atoms with Crippen LogP contribution in [0.4, 0.5) is 0 Å². The number of hydrogen-bond acceptors (Lipinski definition) is 3. The molecular formula is C12H17NO3. The molecule has 1 N–H and O–H groups in total. The maximum absolute atomic E-state index is 11.2. The second kappa shape index (κ2) is 4.99. The summed E-state index contributed by atoms with van der Waals surface area (Å²) in [7, 11) is 5.02. The van der Waals surface area contributed by atoms with Crippen molar-refractivity contribution in [3.63, 3.8) is 0 Å².